The molecule has 0 atom stereocenters. The molecule has 3 rings (SSSR count). The quantitative estimate of drug-likeness (QED) is 0.538. The number of benzene rings is 2. The van der Waals surface area contributed by atoms with E-state index in [-0.39, 0.29) is 32.5 Å². The monoisotopic (exact) mass is 442 g/mol. The second kappa shape index (κ2) is 8.20. The third-order valence-corrected chi connectivity index (χ3v) is 6.32. The molecular formula is C23H23ClN2O3S. The minimum absolute atomic E-state index is 0.0106. The summed E-state index contributed by atoms with van der Waals surface area (Å²) >= 11 is 6.04. The Hall–Kier alpha value is -2.70. The summed E-state index contributed by atoms with van der Waals surface area (Å²) in [6, 6.07) is 15.1. The SMILES string of the molecule is Cc1ccccc1C(=O)c1ncc(Cl)cc1NS(=O)(=O)c1ccc(C(C)(C)C)cc1. The van der Waals surface area contributed by atoms with Crippen LogP contribution in [0.1, 0.15) is 48.0 Å². The lowest BCUT2D eigenvalue weighted by Gasteiger charge is -2.19. The highest BCUT2D eigenvalue weighted by Gasteiger charge is 2.23. The van der Waals surface area contributed by atoms with Crippen molar-refractivity contribution in [1.82, 2.24) is 4.98 Å². The molecule has 0 unspecified atom stereocenters. The summed E-state index contributed by atoms with van der Waals surface area (Å²) in [5, 5.41) is 0.220. The Labute approximate surface area is 182 Å². The number of sulfonamides is 1. The average Bonchev–Trinajstić information content (AvgIpc) is 2.67. The number of rotatable bonds is 5. The van der Waals surface area contributed by atoms with Crippen LogP contribution in [0.25, 0.3) is 0 Å². The van der Waals surface area contributed by atoms with Gasteiger partial charge in [-0.05, 0) is 41.7 Å². The van der Waals surface area contributed by atoms with Gasteiger partial charge in [-0.15, -0.1) is 0 Å². The van der Waals surface area contributed by atoms with E-state index in [0.717, 1.165) is 11.1 Å². The van der Waals surface area contributed by atoms with E-state index in [1.54, 1.807) is 36.4 Å². The van der Waals surface area contributed by atoms with Crippen molar-refractivity contribution in [3.8, 4) is 0 Å². The third-order valence-electron chi connectivity index (χ3n) is 4.73. The van der Waals surface area contributed by atoms with Crippen molar-refractivity contribution in [3.63, 3.8) is 0 Å². The Morgan fingerprint density at radius 1 is 1.03 bits per heavy atom. The maximum atomic E-state index is 13.0. The van der Waals surface area contributed by atoms with Crippen LogP contribution in [0.15, 0.2) is 65.7 Å². The lowest BCUT2D eigenvalue weighted by Crippen LogP contribution is -2.18. The van der Waals surface area contributed by atoms with Gasteiger partial charge in [0.1, 0.15) is 5.69 Å². The van der Waals surface area contributed by atoms with Crippen molar-refractivity contribution in [2.24, 2.45) is 0 Å². The Bertz CT molecular complexity index is 1200. The maximum absolute atomic E-state index is 13.0. The van der Waals surface area contributed by atoms with E-state index in [4.69, 9.17) is 11.6 Å². The van der Waals surface area contributed by atoms with Gasteiger partial charge in [-0.25, -0.2) is 13.4 Å². The molecule has 0 radical (unpaired) electrons. The van der Waals surface area contributed by atoms with Crippen molar-refractivity contribution < 1.29 is 13.2 Å². The number of aryl methyl sites for hydroxylation is 1. The van der Waals surface area contributed by atoms with Crippen LogP contribution in [-0.2, 0) is 15.4 Å². The molecule has 0 aliphatic rings. The minimum atomic E-state index is -3.94. The van der Waals surface area contributed by atoms with Crippen LogP contribution in [-0.4, -0.2) is 19.2 Å². The van der Waals surface area contributed by atoms with Crippen molar-refractivity contribution in [3.05, 3.63) is 88.2 Å². The van der Waals surface area contributed by atoms with Crippen LogP contribution in [0.4, 0.5) is 5.69 Å². The van der Waals surface area contributed by atoms with Gasteiger partial charge in [0, 0.05) is 11.8 Å². The topological polar surface area (TPSA) is 76.1 Å². The number of ketones is 1. The molecule has 1 heterocycles. The standard InChI is InChI=1S/C23H23ClN2O3S/c1-15-7-5-6-8-19(15)22(27)21-20(13-17(24)14-25-21)26-30(28,29)18-11-9-16(10-12-18)23(2,3)4/h5-14,26H,1-4H3. The predicted molar refractivity (Wildman–Crippen MR) is 120 cm³/mol. The van der Waals surface area contributed by atoms with E-state index in [1.807, 2.05) is 19.1 Å². The molecule has 7 heteroatoms. The number of hydrogen-bond acceptors (Lipinski definition) is 4. The van der Waals surface area contributed by atoms with Crippen LogP contribution in [0, 0.1) is 6.92 Å². The van der Waals surface area contributed by atoms with E-state index in [0.29, 0.717) is 5.56 Å². The first-order valence-electron chi connectivity index (χ1n) is 9.38. The van der Waals surface area contributed by atoms with Gasteiger partial charge in [-0.2, -0.15) is 0 Å². The molecule has 0 aliphatic heterocycles. The molecule has 0 amide bonds. The minimum Gasteiger partial charge on any atom is -0.287 e. The molecule has 156 valence electrons. The molecule has 0 aliphatic carbocycles. The van der Waals surface area contributed by atoms with E-state index in [2.05, 4.69) is 30.5 Å². The van der Waals surface area contributed by atoms with Gasteiger partial charge < -0.3 is 0 Å². The molecule has 1 N–H and O–H groups in total. The largest absolute Gasteiger partial charge is 0.287 e. The maximum Gasteiger partial charge on any atom is 0.261 e. The molecular weight excluding hydrogens is 420 g/mol. The summed E-state index contributed by atoms with van der Waals surface area (Å²) in [5.74, 6) is -0.384. The van der Waals surface area contributed by atoms with Crippen molar-refractivity contribution in [2.75, 3.05) is 4.72 Å². The molecule has 5 nitrogen and oxygen atoms in total. The summed E-state index contributed by atoms with van der Waals surface area (Å²) < 4.78 is 28.4. The Kier molecular flexibility index (Phi) is 6.01. The van der Waals surface area contributed by atoms with Gasteiger partial charge in [0.25, 0.3) is 10.0 Å². The highest BCUT2D eigenvalue weighted by molar-refractivity contribution is 7.92. The first-order valence-corrected chi connectivity index (χ1v) is 11.2. The molecule has 1 aromatic heterocycles. The van der Waals surface area contributed by atoms with E-state index in [9.17, 15) is 13.2 Å². The summed E-state index contributed by atoms with van der Waals surface area (Å²) in [5.41, 5.74) is 2.16. The van der Waals surface area contributed by atoms with Gasteiger partial charge in [-0.3, -0.25) is 9.52 Å². The zero-order valence-electron chi connectivity index (χ0n) is 17.2. The molecule has 0 fully saturated rings. The fraction of sp³-hybridized carbons (Fsp3) is 0.217. The molecule has 0 bridgehead atoms. The van der Waals surface area contributed by atoms with Crippen LogP contribution in [0.2, 0.25) is 5.02 Å². The van der Waals surface area contributed by atoms with Gasteiger partial charge in [0.15, 0.2) is 0 Å². The molecule has 0 saturated carbocycles. The second-order valence-electron chi connectivity index (χ2n) is 8.07. The number of carbonyl (C=O) groups is 1. The van der Waals surface area contributed by atoms with Crippen LogP contribution >= 0.6 is 11.6 Å². The van der Waals surface area contributed by atoms with Crippen LogP contribution in [0.5, 0.6) is 0 Å². The Morgan fingerprint density at radius 3 is 2.27 bits per heavy atom. The first-order chi connectivity index (χ1) is 14.0. The first kappa shape index (κ1) is 22.0. The summed E-state index contributed by atoms with van der Waals surface area (Å²) in [7, 11) is -3.94. The fourth-order valence-corrected chi connectivity index (χ4v) is 4.21. The van der Waals surface area contributed by atoms with E-state index < -0.39 is 10.0 Å². The number of nitrogens with zero attached hydrogens (tertiary/aromatic N) is 1. The number of halogens is 1. The normalized spacial score (nSPS) is 11.9. The van der Waals surface area contributed by atoms with E-state index >= 15 is 0 Å². The van der Waals surface area contributed by atoms with Gasteiger partial charge in [-0.1, -0.05) is 68.8 Å². The number of hydrogen-bond donors (Lipinski definition) is 1. The smallest absolute Gasteiger partial charge is 0.261 e. The molecule has 30 heavy (non-hydrogen) atoms. The fourth-order valence-electron chi connectivity index (χ4n) is 2.99. The van der Waals surface area contributed by atoms with Crippen molar-refractivity contribution >= 4 is 33.1 Å². The molecule has 2 aromatic carbocycles. The zero-order chi connectivity index (χ0) is 22.1. The highest BCUT2D eigenvalue weighted by atomic mass is 35.5. The lowest BCUT2D eigenvalue weighted by atomic mass is 9.87. The number of carbonyl (C=O) groups excluding carboxylic acids is 1. The highest BCUT2D eigenvalue weighted by Crippen LogP contribution is 2.27. The predicted octanol–water partition coefficient (Wildman–Crippen LogP) is 5.37. The number of anilines is 1. The Balaban J connectivity index is 1.99. The average molecular weight is 443 g/mol. The summed E-state index contributed by atoms with van der Waals surface area (Å²) in [6.07, 6.45) is 1.32. The van der Waals surface area contributed by atoms with Crippen LogP contribution < -0.4 is 4.72 Å². The number of pyridine rings is 1. The van der Waals surface area contributed by atoms with Gasteiger partial charge >= 0.3 is 0 Å². The zero-order valence-corrected chi connectivity index (χ0v) is 18.8. The van der Waals surface area contributed by atoms with Crippen molar-refractivity contribution in [1.29, 1.82) is 0 Å². The number of nitrogens with one attached hydrogen (secondary N) is 1. The van der Waals surface area contributed by atoms with Crippen molar-refractivity contribution in [2.45, 2.75) is 38.0 Å². The Morgan fingerprint density at radius 2 is 1.67 bits per heavy atom. The van der Waals surface area contributed by atoms with Gasteiger partial charge in [0.05, 0.1) is 15.6 Å². The van der Waals surface area contributed by atoms with Crippen LogP contribution in [0.3, 0.4) is 0 Å². The molecule has 0 spiro atoms. The third kappa shape index (κ3) is 4.71. The summed E-state index contributed by atoms with van der Waals surface area (Å²) in [6.45, 7) is 7.96. The molecule has 0 saturated heterocycles. The second-order valence-corrected chi connectivity index (χ2v) is 10.2. The van der Waals surface area contributed by atoms with Gasteiger partial charge in [0.2, 0.25) is 5.78 Å². The summed E-state index contributed by atoms with van der Waals surface area (Å²) in [4.78, 5) is 17.2. The number of aromatic nitrogens is 1. The molecule has 3 aromatic rings. The van der Waals surface area contributed by atoms with E-state index in [1.165, 1.54) is 12.3 Å². The lowest BCUT2D eigenvalue weighted by molar-refractivity contribution is 0.103.